The van der Waals surface area contributed by atoms with E-state index in [4.69, 9.17) is 37.6 Å². The maximum absolute atomic E-state index is 10.8. The number of nitrogens with zero attached hydrogens (tertiary/aromatic N) is 2. The number of halogens is 2. The molecule has 24 heavy (non-hydrogen) atoms. The highest BCUT2D eigenvalue weighted by atomic mass is 35.5. The minimum atomic E-state index is -0.996. The van der Waals surface area contributed by atoms with Gasteiger partial charge >= 0.3 is 5.97 Å². The van der Waals surface area contributed by atoms with E-state index < -0.39 is 5.97 Å². The minimum Gasteiger partial charge on any atom is -0.484 e. The van der Waals surface area contributed by atoms with Crippen LogP contribution in [0, 0.1) is 0 Å². The minimum absolute atomic E-state index is 0.0563. The molecule has 0 aliphatic carbocycles. The fraction of sp³-hybridized carbons (Fsp3) is 0.0625. The second kappa shape index (κ2) is 6.90. The monoisotopic (exact) mass is 364 g/mol. The fourth-order valence-corrected chi connectivity index (χ4v) is 2.20. The number of benzene rings is 2. The van der Waals surface area contributed by atoms with Crippen LogP contribution in [0.1, 0.15) is 16.2 Å². The summed E-state index contributed by atoms with van der Waals surface area (Å²) in [6.07, 6.45) is 0. The van der Waals surface area contributed by atoms with E-state index in [1.165, 1.54) is 12.1 Å². The van der Waals surface area contributed by atoms with Crippen LogP contribution in [0.4, 0.5) is 0 Å². The molecule has 3 rings (SSSR count). The zero-order chi connectivity index (χ0) is 17.1. The molecule has 0 aliphatic heterocycles. The first-order valence-electron chi connectivity index (χ1n) is 6.77. The highest BCUT2D eigenvalue weighted by molar-refractivity contribution is 6.42. The molecule has 0 aliphatic rings. The average molecular weight is 365 g/mol. The first-order chi connectivity index (χ1) is 11.5. The van der Waals surface area contributed by atoms with Gasteiger partial charge in [0.15, 0.2) is 6.61 Å². The molecule has 0 bridgehead atoms. The molecule has 0 fully saturated rings. The van der Waals surface area contributed by atoms with E-state index in [1.807, 2.05) is 0 Å². The van der Waals surface area contributed by atoms with Gasteiger partial charge in [-0.25, -0.2) is 4.79 Å². The van der Waals surface area contributed by atoms with Crippen LogP contribution in [0.2, 0.25) is 10.0 Å². The Balaban J connectivity index is 1.67. The molecule has 2 aromatic carbocycles. The summed E-state index contributed by atoms with van der Waals surface area (Å²) in [4.78, 5) is 15.0. The molecular formula is C16H10Cl2N2O4. The lowest BCUT2D eigenvalue weighted by molar-refractivity contribution is 0.0697. The van der Waals surface area contributed by atoms with Crippen molar-refractivity contribution in [3.05, 3.63) is 64.0 Å². The van der Waals surface area contributed by atoms with Gasteiger partial charge in [-0.3, -0.25) is 0 Å². The van der Waals surface area contributed by atoms with Gasteiger partial charge in [0.05, 0.1) is 15.6 Å². The Morgan fingerprint density at radius 2 is 1.88 bits per heavy atom. The van der Waals surface area contributed by atoms with Gasteiger partial charge in [-0.15, -0.1) is 0 Å². The highest BCUT2D eigenvalue weighted by Crippen LogP contribution is 2.27. The number of hydrogen-bond donors (Lipinski definition) is 1. The van der Waals surface area contributed by atoms with E-state index in [1.54, 1.807) is 30.3 Å². The summed E-state index contributed by atoms with van der Waals surface area (Å²) in [5.41, 5.74) is 0.854. The lowest BCUT2D eigenvalue weighted by Gasteiger charge is -2.03. The normalized spacial score (nSPS) is 10.6. The first kappa shape index (κ1) is 16.3. The molecule has 0 atom stereocenters. The van der Waals surface area contributed by atoms with Crippen LogP contribution in [-0.4, -0.2) is 21.2 Å². The largest absolute Gasteiger partial charge is 0.484 e. The fourth-order valence-electron chi connectivity index (χ4n) is 1.90. The van der Waals surface area contributed by atoms with E-state index in [0.717, 1.165) is 0 Å². The van der Waals surface area contributed by atoms with Crippen molar-refractivity contribution in [2.75, 3.05) is 0 Å². The number of rotatable bonds is 5. The summed E-state index contributed by atoms with van der Waals surface area (Å²) in [5, 5.41) is 13.5. The number of hydrogen-bond acceptors (Lipinski definition) is 5. The lowest BCUT2D eigenvalue weighted by atomic mass is 10.2. The molecule has 6 nitrogen and oxygen atoms in total. The Hall–Kier alpha value is -2.57. The number of carbonyl (C=O) groups is 1. The summed E-state index contributed by atoms with van der Waals surface area (Å²) in [6.45, 7) is 0.0563. The van der Waals surface area contributed by atoms with E-state index in [0.29, 0.717) is 27.2 Å². The molecule has 1 N–H and O–H groups in total. The van der Waals surface area contributed by atoms with E-state index in [2.05, 4.69) is 10.1 Å². The van der Waals surface area contributed by atoms with Crippen LogP contribution in [0.25, 0.3) is 11.4 Å². The maximum atomic E-state index is 10.8. The standard InChI is InChI=1S/C16H10Cl2N2O4/c17-12-6-3-10(7-13(12)18)15-19-14(24-20-15)8-23-11-4-1-9(2-5-11)16(21)22/h1-7H,8H2,(H,21,22). The summed E-state index contributed by atoms with van der Waals surface area (Å²) in [7, 11) is 0. The Morgan fingerprint density at radius 3 is 2.54 bits per heavy atom. The molecule has 0 spiro atoms. The lowest BCUT2D eigenvalue weighted by Crippen LogP contribution is -1.98. The number of carboxylic acid groups (broad SMARTS) is 1. The number of aromatic nitrogens is 2. The van der Waals surface area contributed by atoms with Crippen LogP contribution in [0.15, 0.2) is 47.0 Å². The highest BCUT2D eigenvalue weighted by Gasteiger charge is 2.11. The second-order valence-corrected chi connectivity index (χ2v) is 5.57. The molecule has 122 valence electrons. The summed E-state index contributed by atoms with van der Waals surface area (Å²) in [6, 6.07) is 11.0. The maximum Gasteiger partial charge on any atom is 0.335 e. The van der Waals surface area contributed by atoms with Gasteiger partial charge in [-0.1, -0.05) is 28.4 Å². The van der Waals surface area contributed by atoms with Crippen molar-refractivity contribution in [3.63, 3.8) is 0 Å². The molecule has 8 heteroatoms. The molecular weight excluding hydrogens is 355 g/mol. The SMILES string of the molecule is O=C(O)c1ccc(OCc2nc(-c3ccc(Cl)c(Cl)c3)no2)cc1. The van der Waals surface area contributed by atoms with Crippen molar-refractivity contribution in [2.24, 2.45) is 0 Å². The van der Waals surface area contributed by atoms with Crippen LogP contribution in [0.3, 0.4) is 0 Å². The summed E-state index contributed by atoms with van der Waals surface area (Å²) in [5.74, 6) is 0.144. The van der Waals surface area contributed by atoms with E-state index in [-0.39, 0.29) is 18.1 Å². The third-order valence-corrected chi connectivity index (χ3v) is 3.85. The van der Waals surface area contributed by atoms with E-state index in [9.17, 15) is 4.79 Å². The molecule has 0 saturated carbocycles. The number of ether oxygens (including phenoxy) is 1. The smallest absolute Gasteiger partial charge is 0.335 e. The van der Waals surface area contributed by atoms with Crippen LogP contribution in [0.5, 0.6) is 5.75 Å². The quantitative estimate of drug-likeness (QED) is 0.725. The van der Waals surface area contributed by atoms with Crippen LogP contribution >= 0.6 is 23.2 Å². The zero-order valence-electron chi connectivity index (χ0n) is 12.1. The van der Waals surface area contributed by atoms with Crippen molar-refractivity contribution < 1.29 is 19.2 Å². The van der Waals surface area contributed by atoms with Gasteiger partial charge in [-0.2, -0.15) is 4.98 Å². The van der Waals surface area contributed by atoms with Crippen LogP contribution in [-0.2, 0) is 6.61 Å². The predicted octanol–water partition coefficient (Wildman–Crippen LogP) is 4.32. The molecule has 0 unspecified atom stereocenters. The Kier molecular flexibility index (Phi) is 4.69. The molecule has 1 aromatic heterocycles. The van der Waals surface area contributed by atoms with Gasteiger partial charge in [0.25, 0.3) is 5.89 Å². The van der Waals surface area contributed by atoms with Crippen molar-refractivity contribution in [2.45, 2.75) is 6.61 Å². The Morgan fingerprint density at radius 1 is 1.12 bits per heavy atom. The van der Waals surface area contributed by atoms with Gasteiger partial charge < -0.3 is 14.4 Å². The molecule has 0 amide bonds. The third kappa shape index (κ3) is 3.67. The van der Waals surface area contributed by atoms with Gasteiger partial charge in [0.1, 0.15) is 5.75 Å². The number of aromatic carboxylic acids is 1. The van der Waals surface area contributed by atoms with Gasteiger partial charge in [0.2, 0.25) is 5.82 Å². The molecule has 0 radical (unpaired) electrons. The second-order valence-electron chi connectivity index (χ2n) is 4.76. The number of carboxylic acids is 1. The first-order valence-corrected chi connectivity index (χ1v) is 7.52. The zero-order valence-corrected chi connectivity index (χ0v) is 13.6. The topological polar surface area (TPSA) is 85.5 Å². The van der Waals surface area contributed by atoms with Crippen LogP contribution < -0.4 is 4.74 Å². The summed E-state index contributed by atoms with van der Waals surface area (Å²) >= 11 is 11.8. The van der Waals surface area contributed by atoms with Gasteiger partial charge in [0, 0.05) is 5.56 Å². The van der Waals surface area contributed by atoms with Crippen molar-refractivity contribution in [3.8, 4) is 17.1 Å². The molecule has 0 saturated heterocycles. The van der Waals surface area contributed by atoms with Crippen molar-refractivity contribution >= 4 is 29.2 Å². The third-order valence-electron chi connectivity index (χ3n) is 3.11. The van der Waals surface area contributed by atoms with Gasteiger partial charge in [-0.05, 0) is 42.5 Å². The average Bonchev–Trinajstić information content (AvgIpc) is 3.05. The Bertz CT molecular complexity index is 878. The predicted molar refractivity (Wildman–Crippen MR) is 87.5 cm³/mol. The Labute approximate surface area is 146 Å². The van der Waals surface area contributed by atoms with Crippen molar-refractivity contribution in [1.29, 1.82) is 0 Å². The summed E-state index contributed by atoms with van der Waals surface area (Å²) < 4.78 is 10.6. The molecule has 3 aromatic rings. The van der Waals surface area contributed by atoms with E-state index >= 15 is 0 Å². The molecule has 1 heterocycles. The van der Waals surface area contributed by atoms with Crippen molar-refractivity contribution in [1.82, 2.24) is 10.1 Å².